The molecule has 0 fully saturated rings. The smallest absolute Gasteiger partial charge is 0.200 e. The molecule has 0 aliphatic heterocycles. The molecule has 0 saturated heterocycles. The third-order valence-electron chi connectivity index (χ3n) is 2.85. The Bertz CT molecular complexity index is 752. The average molecular weight is 229 g/mol. The predicted octanol–water partition coefficient (Wildman–Crippen LogP) is 2.26. The molecule has 0 spiro atoms. The van der Waals surface area contributed by atoms with Crippen LogP contribution in [0, 0.1) is 6.92 Å². The molecule has 0 radical (unpaired) electrons. The van der Waals surface area contributed by atoms with Crippen LogP contribution in [0.3, 0.4) is 0 Å². The fraction of sp³-hybridized carbons (Fsp3) is 0.167. The van der Waals surface area contributed by atoms with E-state index >= 15 is 0 Å². The normalized spacial score (nSPS) is 11.4. The fourth-order valence-corrected chi connectivity index (χ4v) is 2.17. The lowest BCUT2D eigenvalue weighted by Gasteiger charge is -1.94. The van der Waals surface area contributed by atoms with E-state index in [-0.39, 0.29) is 11.7 Å². The number of aromatic amines is 2. The number of carbonyl (C=O) groups excluding carboxylic acids is 1. The van der Waals surface area contributed by atoms with E-state index in [1.165, 1.54) is 6.92 Å². The van der Waals surface area contributed by atoms with Crippen molar-refractivity contribution in [2.24, 2.45) is 0 Å². The fourth-order valence-electron chi connectivity index (χ4n) is 2.17. The molecule has 0 bridgehead atoms. The number of H-pyrrole nitrogens is 2. The molecule has 86 valence electrons. The molecular formula is C12H11N3O2. The zero-order chi connectivity index (χ0) is 12.2. The van der Waals surface area contributed by atoms with E-state index in [0.29, 0.717) is 16.5 Å². The van der Waals surface area contributed by atoms with Crippen LogP contribution in [0.5, 0.6) is 5.88 Å². The van der Waals surface area contributed by atoms with Gasteiger partial charge >= 0.3 is 0 Å². The Balaban J connectivity index is 2.46. The maximum absolute atomic E-state index is 11.5. The van der Waals surface area contributed by atoms with E-state index in [9.17, 15) is 9.90 Å². The summed E-state index contributed by atoms with van der Waals surface area (Å²) in [6.45, 7) is 3.31. The highest BCUT2D eigenvalue weighted by molar-refractivity contribution is 6.11. The van der Waals surface area contributed by atoms with Gasteiger partial charge in [-0.3, -0.25) is 4.79 Å². The van der Waals surface area contributed by atoms with Crippen molar-refractivity contribution in [1.29, 1.82) is 0 Å². The topological polar surface area (TPSA) is 81.8 Å². The molecule has 0 unspecified atom stereocenters. The number of ketones is 1. The maximum Gasteiger partial charge on any atom is 0.200 e. The number of hydrogen-bond donors (Lipinski definition) is 3. The number of aromatic hydroxyl groups is 1. The molecule has 3 aromatic rings. The second kappa shape index (κ2) is 3.10. The summed E-state index contributed by atoms with van der Waals surface area (Å²) in [5.41, 5.74) is 2.71. The second-order valence-electron chi connectivity index (χ2n) is 4.14. The summed E-state index contributed by atoms with van der Waals surface area (Å²) in [6.07, 6.45) is 0. The van der Waals surface area contributed by atoms with Crippen molar-refractivity contribution >= 4 is 27.7 Å². The number of aryl methyl sites for hydroxylation is 1. The summed E-state index contributed by atoms with van der Waals surface area (Å²) in [6, 6.07) is 3.65. The summed E-state index contributed by atoms with van der Waals surface area (Å²) in [4.78, 5) is 21.7. The summed E-state index contributed by atoms with van der Waals surface area (Å²) in [5, 5.41) is 10.4. The van der Waals surface area contributed by atoms with Crippen molar-refractivity contribution in [1.82, 2.24) is 15.0 Å². The van der Waals surface area contributed by atoms with Crippen molar-refractivity contribution < 1.29 is 9.90 Å². The van der Waals surface area contributed by atoms with Crippen molar-refractivity contribution in [3.63, 3.8) is 0 Å². The third kappa shape index (κ3) is 1.32. The number of aromatic nitrogens is 3. The minimum atomic E-state index is -0.163. The minimum Gasteiger partial charge on any atom is -0.494 e. The van der Waals surface area contributed by atoms with Crippen molar-refractivity contribution in [3.05, 3.63) is 23.5 Å². The van der Waals surface area contributed by atoms with Crippen LogP contribution in [0.4, 0.5) is 0 Å². The van der Waals surface area contributed by atoms with Gasteiger partial charge in [-0.15, -0.1) is 0 Å². The molecule has 1 aromatic carbocycles. The van der Waals surface area contributed by atoms with Crippen LogP contribution in [0.25, 0.3) is 21.9 Å². The van der Waals surface area contributed by atoms with Gasteiger partial charge in [0, 0.05) is 5.39 Å². The molecule has 2 aromatic heterocycles. The average Bonchev–Trinajstić information content (AvgIpc) is 2.70. The van der Waals surface area contributed by atoms with Gasteiger partial charge in [-0.1, -0.05) is 0 Å². The van der Waals surface area contributed by atoms with E-state index in [1.807, 2.05) is 19.1 Å². The number of nitrogens with zero attached hydrogens (tertiary/aromatic N) is 1. The highest BCUT2D eigenvalue weighted by Crippen LogP contribution is 2.30. The monoisotopic (exact) mass is 229 g/mol. The van der Waals surface area contributed by atoms with E-state index in [1.54, 1.807) is 0 Å². The molecule has 3 N–H and O–H groups in total. The first kappa shape index (κ1) is 9.89. The second-order valence-corrected chi connectivity index (χ2v) is 4.14. The Morgan fingerprint density at radius 2 is 2.06 bits per heavy atom. The number of fused-ring (bicyclic) bond motifs is 2. The van der Waals surface area contributed by atoms with Gasteiger partial charge in [0.25, 0.3) is 0 Å². The summed E-state index contributed by atoms with van der Waals surface area (Å²) in [5.74, 6) is 0.572. The largest absolute Gasteiger partial charge is 0.494 e. The molecule has 3 rings (SSSR count). The van der Waals surface area contributed by atoms with E-state index < -0.39 is 0 Å². The molecule has 17 heavy (non-hydrogen) atoms. The summed E-state index contributed by atoms with van der Waals surface area (Å²) < 4.78 is 0. The van der Waals surface area contributed by atoms with Gasteiger partial charge in [0.15, 0.2) is 5.78 Å². The lowest BCUT2D eigenvalue weighted by atomic mass is 10.1. The van der Waals surface area contributed by atoms with Gasteiger partial charge in [-0.05, 0) is 26.0 Å². The molecule has 2 heterocycles. The van der Waals surface area contributed by atoms with E-state index in [2.05, 4.69) is 15.0 Å². The highest BCUT2D eigenvalue weighted by Gasteiger charge is 2.16. The number of benzene rings is 1. The zero-order valence-electron chi connectivity index (χ0n) is 9.46. The molecular weight excluding hydrogens is 218 g/mol. The Labute approximate surface area is 96.5 Å². The van der Waals surface area contributed by atoms with Crippen LogP contribution in [-0.4, -0.2) is 25.8 Å². The van der Waals surface area contributed by atoms with Gasteiger partial charge in [0.05, 0.1) is 22.1 Å². The standard InChI is InChI=1S/C12H11N3O2/c1-5(16)11-7-3-9-10(14-6(2)13-9)4-8(7)15-12(11)17/h3-4,15,17H,1-2H3,(H,13,14). The van der Waals surface area contributed by atoms with Gasteiger partial charge in [-0.25, -0.2) is 4.98 Å². The Morgan fingerprint density at radius 1 is 1.29 bits per heavy atom. The van der Waals surface area contributed by atoms with Crippen molar-refractivity contribution in [3.8, 4) is 5.88 Å². The van der Waals surface area contributed by atoms with E-state index in [0.717, 1.165) is 16.9 Å². The molecule has 0 amide bonds. The number of rotatable bonds is 1. The van der Waals surface area contributed by atoms with Crippen LogP contribution in [0.1, 0.15) is 23.1 Å². The summed E-state index contributed by atoms with van der Waals surface area (Å²) in [7, 11) is 0. The summed E-state index contributed by atoms with van der Waals surface area (Å²) >= 11 is 0. The maximum atomic E-state index is 11.5. The molecule has 5 nitrogen and oxygen atoms in total. The van der Waals surface area contributed by atoms with Crippen LogP contribution in [0.15, 0.2) is 12.1 Å². The number of hydrogen-bond acceptors (Lipinski definition) is 3. The predicted molar refractivity (Wildman–Crippen MR) is 64.4 cm³/mol. The van der Waals surface area contributed by atoms with Gasteiger partial charge < -0.3 is 15.1 Å². The number of Topliss-reactive ketones (excluding diaryl/α,β-unsaturated/α-hetero) is 1. The van der Waals surface area contributed by atoms with Crippen LogP contribution in [0.2, 0.25) is 0 Å². The van der Waals surface area contributed by atoms with Crippen LogP contribution in [-0.2, 0) is 0 Å². The third-order valence-corrected chi connectivity index (χ3v) is 2.85. The lowest BCUT2D eigenvalue weighted by Crippen LogP contribution is -1.89. The van der Waals surface area contributed by atoms with Crippen molar-refractivity contribution in [2.75, 3.05) is 0 Å². The lowest BCUT2D eigenvalue weighted by molar-refractivity contribution is 0.101. The Hall–Kier alpha value is -2.30. The first-order chi connectivity index (χ1) is 8.06. The van der Waals surface area contributed by atoms with Crippen LogP contribution >= 0.6 is 0 Å². The van der Waals surface area contributed by atoms with Crippen LogP contribution < -0.4 is 0 Å². The van der Waals surface area contributed by atoms with Gasteiger partial charge in [0.1, 0.15) is 5.82 Å². The quantitative estimate of drug-likeness (QED) is 0.560. The number of carbonyl (C=O) groups is 1. The molecule has 0 atom stereocenters. The molecule has 0 aliphatic carbocycles. The number of nitrogens with one attached hydrogen (secondary N) is 2. The van der Waals surface area contributed by atoms with Crippen molar-refractivity contribution in [2.45, 2.75) is 13.8 Å². The zero-order valence-corrected chi connectivity index (χ0v) is 9.46. The SMILES string of the molecule is CC(=O)c1c(O)[nH]c2cc3nc(C)[nH]c3cc12. The highest BCUT2D eigenvalue weighted by atomic mass is 16.3. The first-order valence-corrected chi connectivity index (χ1v) is 5.28. The minimum absolute atomic E-state index is 0.0862. The Morgan fingerprint density at radius 3 is 2.76 bits per heavy atom. The molecule has 5 heteroatoms. The van der Waals surface area contributed by atoms with E-state index in [4.69, 9.17) is 0 Å². The molecule has 0 saturated carbocycles. The Kier molecular flexibility index (Phi) is 1.80. The number of imidazole rings is 1. The molecule has 0 aliphatic rings. The van der Waals surface area contributed by atoms with Gasteiger partial charge in [0.2, 0.25) is 5.88 Å². The van der Waals surface area contributed by atoms with Gasteiger partial charge in [-0.2, -0.15) is 0 Å². The first-order valence-electron chi connectivity index (χ1n) is 5.28.